The third kappa shape index (κ3) is 5.70. The maximum atomic E-state index is 11.4. The van der Waals surface area contributed by atoms with Gasteiger partial charge in [-0.2, -0.15) is 0 Å². The molecular weight excluding hydrogens is 296 g/mol. The highest BCUT2D eigenvalue weighted by molar-refractivity contribution is 5.80. The first kappa shape index (κ1) is 16.4. The lowest BCUT2D eigenvalue weighted by Gasteiger charge is -2.09. The summed E-state index contributed by atoms with van der Waals surface area (Å²) in [6.45, 7) is -0.554. The summed E-state index contributed by atoms with van der Waals surface area (Å²) in [5.41, 5.74) is 1.89. The van der Waals surface area contributed by atoms with E-state index in [0.29, 0.717) is 5.75 Å². The van der Waals surface area contributed by atoms with E-state index in [1.807, 2.05) is 42.5 Å². The van der Waals surface area contributed by atoms with Crippen molar-refractivity contribution in [1.29, 1.82) is 0 Å². The molecule has 0 radical (unpaired) electrons. The number of hydrogen-bond acceptors (Lipinski definition) is 5. The second kappa shape index (κ2) is 8.43. The minimum absolute atomic E-state index is 0.248. The van der Waals surface area contributed by atoms with Crippen LogP contribution < -0.4 is 15.4 Å². The largest absolute Gasteiger partial charge is 0.482 e. The van der Waals surface area contributed by atoms with E-state index >= 15 is 0 Å². The highest BCUT2D eigenvalue weighted by atomic mass is 16.6. The van der Waals surface area contributed by atoms with E-state index in [2.05, 4.69) is 10.6 Å². The molecule has 6 heteroatoms. The van der Waals surface area contributed by atoms with E-state index in [9.17, 15) is 9.59 Å². The van der Waals surface area contributed by atoms with Crippen molar-refractivity contribution in [1.82, 2.24) is 5.32 Å². The first-order valence-corrected chi connectivity index (χ1v) is 7.08. The molecule has 0 aliphatic rings. The van der Waals surface area contributed by atoms with Crippen molar-refractivity contribution in [2.75, 3.05) is 25.6 Å². The molecule has 0 fully saturated rings. The first-order valence-electron chi connectivity index (χ1n) is 7.08. The van der Waals surface area contributed by atoms with Crippen molar-refractivity contribution < 1.29 is 19.1 Å². The van der Waals surface area contributed by atoms with Crippen LogP contribution >= 0.6 is 0 Å². The Morgan fingerprint density at radius 2 is 1.57 bits per heavy atom. The summed E-state index contributed by atoms with van der Waals surface area (Å²) in [6.07, 6.45) is 0. The van der Waals surface area contributed by atoms with Crippen LogP contribution in [-0.4, -0.2) is 32.1 Å². The maximum absolute atomic E-state index is 11.4. The van der Waals surface area contributed by atoms with Crippen molar-refractivity contribution in [2.45, 2.75) is 0 Å². The first-order chi connectivity index (χ1) is 11.2. The molecule has 23 heavy (non-hydrogen) atoms. The van der Waals surface area contributed by atoms with Gasteiger partial charge in [-0.25, -0.2) is 4.79 Å². The van der Waals surface area contributed by atoms with Gasteiger partial charge in [0.05, 0.1) is 0 Å². The lowest BCUT2D eigenvalue weighted by atomic mass is 10.2. The Morgan fingerprint density at radius 1 is 0.913 bits per heavy atom. The van der Waals surface area contributed by atoms with Crippen molar-refractivity contribution in [3.8, 4) is 5.75 Å². The number of hydrogen-bond donors (Lipinski definition) is 2. The highest BCUT2D eigenvalue weighted by Gasteiger charge is 2.07. The highest BCUT2D eigenvalue weighted by Crippen LogP contribution is 2.19. The van der Waals surface area contributed by atoms with Crippen LogP contribution in [0.1, 0.15) is 0 Å². The monoisotopic (exact) mass is 314 g/mol. The molecule has 0 unspecified atom stereocenters. The van der Waals surface area contributed by atoms with E-state index in [1.165, 1.54) is 7.05 Å². The summed E-state index contributed by atoms with van der Waals surface area (Å²) in [5, 5.41) is 5.60. The summed E-state index contributed by atoms with van der Waals surface area (Å²) < 4.78 is 10.0. The average Bonchev–Trinajstić information content (AvgIpc) is 2.60. The van der Waals surface area contributed by atoms with E-state index in [4.69, 9.17) is 9.47 Å². The standard InChI is InChI=1S/C17H18N2O4/c1-18-16(20)11-23-17(21)12-22-15-9-7-14(8-10-15)19-13-5-3-2-4-6-13/h2-10,19H,11-12H2,1H3,(H,18,20). The van der Waals surface area contributed by atoms with Crippen molar-refractivity contribution in [3.63, 3.8) is 0 Å². The average molecular weight is 314 g/mol. The number of benzene rings is 2. The number of amides is 1. The molecule has 0 spiro atoms. The van der Waals surface area contributed by atoms with Gasteiger partial charge < -0.3 is 20.1 Å². The van der Waals surface area contributed by atoms with Crippen LogP contribution in [-0.2, 0) is 14.3 Å². The van der Waals surface area contributed by atoms with E-state index in [0.717, 1.165) is 11.4 Å². The molecule has 0 aromatic heterocycles. The predicted molar refractivity (Wildman–Crippen MR) is 86.7 cm³/mol. The van der Waals surface area contributed by atoms with Crippen LogP contribution in [0.2, 0.25) is 0 Å². The predicted octanol–water partition coefficient (Wildman–Crippen LogP) is 2.10. The minimum Gasteiger partial charge on any atom is -0.482 e. The molecule has 2 aromatic carbocycles. The summed E-state index contributed by atoms with van der Waals surface area (Å²) in [6, 6.07) is 17.0. The lowest BCUT2D eigenvalue weighted by molar-refractivity contribution is -0.150. The number of likely N-dealkylation sites (N-methyl/N-ethyl adjacent to an activating group) is 1. The van der Waals surface area contributed by atoms with Crippen molar-refractivity contribution in [3.05, 3.63) is 54.6 Å². The van der Waals surface area contributed by atoms with Gasteiger partial charge in [0.25, 0.3) is 5.91 Å². The molecule has 2 rings (SSSR count). The number of rotatable bonds is 7. The number of esters is 1. The fourth-order valence-corrected chi connectivity index (χ4v) is 1.72. The molecule has 6 nitrogen and oxygen atoms in total. The number of carbonyl (C=O) groups excluding carboxylic acids is 2. The zero-order valence-electron chi connectivity index (χ0n) is 12.7. The van der Waals surface area contributed by atoms with Gasteiger partial charge in [-0.15, -0.1) is 0 Å². The van der Waals surface area contributed by atoms with Crippen molar-refractivity contribution >= 4 is 23.3 Å². The molecule has 0 bridgehead atoms. The normalized spacial score (nSPS) is 9.78. The molecule has 0 saturated carbocycles. The zero-order valence-corrected chi connectivity index (χ0v) is 12.7. The zero-order chi connectivity index (χ0) is 16.5. The fourth-order valence-electron chi connectivity index (χ4n) is 1.72. The molecule has 120 valence electrons. The molecule has 0 aliphatic heterocycles. The van der Waals surface area contributed by atoms with Gasteiger partial charge in [0.15, 0.2) is 13.2 Å². The van der Waals surface area contributed by atoms with Gasteiger partial charge in [0, 0.05) is 18.4 Å². The van der Waals surface area contributed by atoms with E-state index in [1.54, 1.807) is 12.1 Å². The van der Waals surface area contributed by atoms with Gasteiger partial charge in [0.2, 0.25) is 0 Å². The number of ether oxygens (including phenoxy) is 2. The number of anilines is 2. The summed E-state index contributed by atoms with van der Waals surface area (Å²) in [4.78, 5) is 22.3. The molecule has 0 aliphatic carbocycles. The van der Waals surface area contributed by atoms with Gasteiger partial charge >= 0.3 is 5.97 Å². The number of para-hydroxylation sites is 1. The van der Waals surface area contributed by atoms with Crippen LogP contribution in [0.25, 0.3) is 0 Å². The molecule has 2 N–H and O–H groups in total. The molecule has 0 saturated heterocycles. The van der Waals surface area contributed by atoms with Crippen LogP contribution in [0.5, 0.6) is 5.75 Å². The Hall–Kier alpha value is -3.02. The summed E-state index contributed by atoms with van der Waals surface area (Å²) >= 11 is 0. The third-order valence-corrected chi connectivity index (χ3v) is 2.92. The Kier molecular flexibility index (Phi) is 5.99. The summed E-state index contributed by atoms with van der Waals surface area (Å²) in [7, 11) is 1.47. The van der Waals surface area contributed by atoms with Gasteiger partial charge in [-0.05, 0) is 36.4 Å². The lowest BCUT2D eigenvalue weighted by Crippen LogP contribution is -2.26. The SMILES string of the molecule is CNC(=O)COC(=O)COc1ccc(Nc2ccccc2)cc1. The smallest absolute Gasteiger partial charge is 0.344 e. The Balaban J connectivity index is 1.78. The number of carbonyl (C=O) groups is 2. The van der Waals surface area contributed by atoms with Crippen LogP contribution in [0.15, 0.2) is 54.6 Å². The maximum Gasteiger partial charge on any atom is 0.344 e. The Bertz CT molecular complexity index is 641. The molecule has 0 heterocycles. The van der Waals surface area contributed by atoms with Gasteiger partial charge in [0.1, 0.15) is 5.75 Å². The van der Waals surface area contributed by atoms with Gasteiger partial charge in [-0.1, -0.05) is 18.2 Å². The topological polar surface area (TPSA) is 76.7 Å². The van der Waals surface area contributed by atoms with Crippen LogP contribution in [0.4, 0.5) is 11.4 Å². The molecule has 2 aromatic rings. The van der Waals surface area contributed by atoms with E-state index in [-0.39, 0.29) is 19.1 Å². The third-order valence-electron chi connectivity index (χ3n) is 2.92. The minimum atomic E-state index is -0.597. The van der Waals surface area contributed by atoms with Crippen LogP contribution in [0, 0.1) is 0 Å². The fraction of sp³-hybridized carbons (Fsp3) is 0.176. The van der Waals surface area contributed by atoms with E-state index < -0.39 is 5.97 Å². The molecular formula is C17H18N2O4. The Labute approximate surface area is 134 Å². The Morgan fingerprint density at radius 3 is 2.22 bits per heavy atom. The number of nitrogens with one attached hydrogen (secondary N) is 2. The quantitative estimate of drug-likeness (QED) is 0.765. The second-order valence-electron chi connectivity index (χ2n) is 4.64. The molecule has 1 amide bonds. The van der Waals surface area contributed by atoms with Crippen LogP contribution in [0.3, 0.4) is 0 Å². The van der Waals surface area contributed by atoms with Gasteiger partial charge in [-0.3, -0.25) is 4.79 Å². The van der Waals surface area contributed by atoms with Crippen molar-refractivity contribution in [2.24, 2.45) is 0 Å². The summed E-state index contributed by atoms with van der Waals surface area (Å²) in [5.74, 6) is -0.421. The second-order valence-corrected chi connectivity index (χ2v) is 4.64. The molecule has 0 atom stereocenters.